The molecule has 186 valence electrons. The highest BCUT2D eigenvalue weighted by atomic mass is 32.2. The van der Waals surface area contributed by atoms with E-state index in [2.05, 4.69) is 10.2 Å². The van der Waals surface area contributed by atoms with Crippen molar-refractivity contribution in [3.8, 4) is 0 Å². The minimum absolute atomic E-state index is 0.0704. The van der Waals surface area contributed by atoms with E-state index in [1.165, 1.54) is 34.5 Å². The molecule has 34 heavy (non-hydrogen) atoms. The van der Waals surface area contributed by atoms with Gasteiger partial charge in [0.25, 0.3) is 0 Å². The molecule has 2 aliphatic rings. The molecule has 9 nitrogen and oxygen atoms in total. The number of carboxylic acid groups (broad SMARTS) is 1. The summed E-state index contributed by atoms with van der Waals surface area (Å²) in [6.07, 6.45) is 5.62. The van der Waals surface area contributed by atoms with Crippen LogP contribution < -0.4 is 10.6 Å². The summed E-state index contributed by atoms with van der Waals surface area (Å²) < 4.78 is 38.6. The molecule has 12 heteroatoms. The number of hydrogen-bond donors (Lipinski definition) is 3. The van der Waals surface area contributed by atoms with Gasteiger partial charge in [-0.25, -0.2) is 21.9 Å². The summed E-state index contributed by atoms with van der Waals surface area (Å²) >= 11 is 1.43. The first-order valence-electron chi connectivity index (χ1n) is 10.9. The number of anilines is 1. The second-order valence-corrected chi connectivity index (χ2v) is 11.7. The van der Waals surface area contributed by atoms with Crippen LogP contribution in [0, 0.1) is 11.7 Å². The number of allylic oxidation sites excluding steroid dienone is 1. The van der Waals surface area contributed by atoms with Crippen LogP contribution in [-0.4, -0.2) is 59.4 Å². The number of sulfonamides is 1. The van der Waals surface area contributed by atoms with Gasteiger partial charge in [0.15, 0.2) is 0 Å². The number of nitrogens with two attached hydrogens (primary N) is 1. The molecule has 3 heterocycles. The van der Waals surface area contributed by atoms with Crippen LogP contribution in [0.15, 0.2) is 47.3 Å². The van der Waals surface area contributed by atoms with E-state index >= 15 is 0 Å². The van der Waals surface area contributed by atoms with Crippen LogP contribution in [0.4, 0.5) is 10.1 Å². The fraction of sp³-hybridized carbons (Fsp3) is 0.455. The van der Waals surface area contributed by atoms with Gasteiger partial charge in [-0.3, -0.25) is 5.10 Å². The number of nitrogens with one attached hydrogen (secondary N) is 1. The van der Waals surface area contributed by atoms with Crippen LogP contribution in [0.3, 0.4) is 0 Å². The van der Waals surface area contributed by atoms with E-state index in [1.54, 1.807) is 29.4 Å². The highest BCUT2D eigenvalue weighted by Gasteiger charge is 2.42. The molecule has 1 unspecified atom stereocenters. The van der Waals surface area contributed by atoms with Gasteiger partial charge in [0.2, 0.25) is 10.0 Å². The number of nitrogens with zero attached hydrogens (tertiary/aromatic N) is 3. The van der Waals surface area contributed by atoms with Crippen molar-refractivity contribution in [1.29, 1.82) is 0 Å². The standard InChI is InChI=1S/C19H21FN4O4S2.C3H9N/c1-30(27,28)23-8-6-12(7-9-23)17-16(19(25)26)24(15-4-2-14(20)3-5-15)18(29-17)13-10-21-22-11-13;1-3(2)4/h2-5,10-12,18H,6-9H2,1H3,(H,21,22)(H,25,26);3H,4H2,1-2H3. The fourth-order valence-electron chi connectivity index (χ4n) is 3.89. The summed E-state index contributed by atoms with van der Waals surface area (Å²) in [5, 5.41) is 16.5. The highest BCUT2D eigenvalue weighted by Crippen LogP contribution is 2.53. The molecule has 2 aliphatic heterocycles. The zero-order valence-electron chi connectivity index (χ0n) is 19.3. The molecule has 2 aromatic rings. The van der Waals surface area contributed by atoms with E-state index in [-0.39, 0.29) is 17.0 Å². The van der Waals surface area contributed by atoms with Crippen molar-refractivity contribution in [2.75, 3.05) is 24.2 Å². The molecular formula is C22H30FN5O4S2. The third kappa shape index (κ3) is 6.17. The maximum absolute atomic E-state index is 13.5. The normalized spacial score (nSPS) is 19.9. The smallest absolute Gasteiger partial charge is 0.353 e. The number of carbonyl (C=O) groups is 1. The maximum Gasteiger partial charge on any atom is 0.353 e. The molecule has 1 fully saturated rings. The Morgan fingerprint density at radius 3 is 2.32 bits per heavy atom. The number of rotatable bonds is 5. The van der Waals surface area contributed by atoms with Gasteiger partial charge >= 0.3 is 5.97 Å². The van der Waals surface area contributed by atoms with Gasteiger partial charge in [0.1, 0.15) is 16.9 Å². The average Bonchev–Trinajstić information content (AvgIpc) is 3.41. The zero-order chi connectivity index (χ0) is 25.0. The monoisotopic (exact) mass is 511 g/mol. The molecule has 1 aromatic heterocycles. The van der Waals surface area contributed by atoms with E-state index in [0.717, 1.165) is 5.56 Å². The number of piperidine rings is 1. The van der Waals surface area contributed by atoms with Crippen LogP contribution >= 0.6 is 11.8 Å². The molecule has 4 rings (SSSR count). The van der Waals surface area contributed by atoms with Crippen LogP contribution in [-0.2, 0) is 14.8 Å². The van der Waals surface area contributed by atoms with Crippen LogP contribution in [0.2, 0.25) is 0 Å². The van der Waals surface area contributed by atoms with Gasteiger partial charge in [0, 0.05) is 35.4 Å². The van der Waals surface area contributed by atoms with Gasteiger partial charge in [-0.05, 0) is 49.1 Å². The lowest BCUT2D eigenvalue weighted by Crippen LogP contribution is -2.38. The van der Waals surface area contributed by atoms with Crippen molar-refractivity contribution >= 4 is 33.4 Å². The number of aliphatic carboxylic acids is 1. The molecule has 0 saturated carbocycles. The number of carboxylic acids is 1. The third-order valence-electron chi connectivity index (χ3n) is 5.35. The lowest BCUT2D eigenvalue weighted by atomic mass is 9.96. The number of thioether (sulfide) groups is 1. The summed E-state index contributed by atoms with van der Waals surface area (Å²) in [6, 6.07) is 6.05. The zero-order valence-corrected chi connectivity index (χ0v) is 20.9. The van der Waals surface area contributed by atoms with Crippen LogP contribution in [0.5, 0.6) is 0 Å². The Labute approximate surface area is 203 Å². The average molecular weight is 512 g/mol. The lowest BCUT2D eigenvalue weighted by Gasteiger charge is -2.30. The Hall–Kier alpha value is -2.41. The first kappa shape index (κ1) is 26.2. The molecule has 0 aliphatic carbocycles. The number of benzene rings is 1. The Kier molecular flexibility index (Phi) is 8.39. The number of H-pyrrole nitrogens is 1. The van der Waals surface area contributed by atoms with Gasteiger partial charge in [0.05, 0.1) is 12.5 Å². The molecule has 4 N–H and O–H groups in total. The number of halogens is 1. The molecule has 0 spiro atoms. The maximum atomic E-state index is 13.5. The number of aromatic nitrogens is 2. The summed E-state index contributed by atoms with van der Waals surface area (Å²) in [4.78, 5) is 14.7. The molecule has 1 saturated heterocycles. The third-order valence-corrected chi connectivity index (χ3v) is 8.14. The minimum Gasteiger partial charge on any atom is -0.477 e. The van der Waals surface area contributed by atoms with E-state index in [0.29, 0.717) is 42.6 Å². The van der Waals surface area contributed by atoms with Crippen LogP contribution in [0.1, 0.15) is 37.6 Å². The minimum atomic E-state index is -3.27. The summed E-state index contributed by atoms with van der Waals surface area (Å²) in [7, 11) is -3.27. The second kappa shape index (κ2) is 10.9. The molecule has 1 atom stereocenters. The summed E-state index contributed by atoms with van der Waals surface area (Å²) in [6.45, 7) is 4.60. The van der Waals surface area contributed by atoms with Gasteiger partial charge in [-0.2, -0.15) is 5.10 Å². The lowest BCUT2D eigenvalue weighted by molar-refractivity contribution is -0.132. The van der Waals surface area contributed by atoms with Crippen molar-refractivity contribution in [3.05, 3.63) is 58.6 Å². The quantitative estimate of drug-likeness (QED) is 0.558. The Morgan fingerprint density at radius 2 is 1.85 bits per heavy atom. The van der Waals surface area contributed by atoms with Crippen molar-refractivity contribution in [3.63, 3.8) is 0 Å². The molecular weight excluding hydrogens is 481 g/mol. The SMILES string of the molecule is CC(C)N.CS(=O)(=O)N1CCC(C2=C(C(=O)O)N(c3ccc(F)cc3)C(c3cn[nH]c3)S2)CC1. The number of hydrogen-bond acceptors (Lipinski definition) is 7. The van der Waals surface area contributed by atoms with Crippen molar-refractivity contribution in [1.82, 2.24) is 14.5 Å². The predicted octanol–water partition coefficient (Wildman–Crippen LogP) is 3.12. The molecule has 0 amide bonds. The molecule has 1 aromatic carbocycles. The van der Waals surface area contributed by atoms with E-state index < -0.39 is 21.8 Å². The first-order chi connectivity index (χ1) is 16.0. The Bertz CT molecular complexity index is 1110. The highest BCUT2D eigenvalue weighted by molar-refractivity contribution is 8.03. The molecule has 0 bridgehead atoms. The van der Waals surface area contributed by atoms with Crippen molar-refractivity contribution in [2.24, 2.45) is 11.7 Å². The first-order valence-corrected chi connectivity index (χ1v) is 13.6. The van der Waals surface area contributed by atoms with E-state index in [1.807, 2.05) is 13.8 Å². The van der Waals surface area contributed by atoms with E-state index in [4.69, 9.17) is 5.73 Å². The van der Waals surface area contributed by atoms with Gasteiger partial charge in [-0.15, -0.1) is 0 Å². The van der Waals surface area contributed by atoms with E-state index in [9.17, 15) is 22.7 Å². The van der Waals surface area contributed by atoms with Crippen molar-refractivity contribution < 1.29 is 22.7 Å². The van der Waals surface area contributed by atoms with Gasteiger partial charge < -0.3 is 15.7 Å². The van der Waals surface area contributed by atoms with Crippen molar-refractivity contribution in [2.45, 2.75) is 38.1 Å². The predicted molar refractivity (Wildman–Crippen MR) is 131 cm³/mol. The Balaban J connectivity index is 0.000000751. The fourth-order valence-corrected chi connectivity index (χ4v) is 6.33. The summed E-state index contributed by atoms with van der Waals surface area (Å²) in [5.74, 6) is -1.54. The van der Waals surface area contributed by atoms with Gasteiger partial charge in [-0.1, -0.05) is 25.6 Å². The largest absolute Gasteiger partial charge is 0.477 e. The Morgan fingerprint density at radius 1 is 1.26 bits per heavy atom. The second-order valence-electron chi connectivity index (χ2n) is 8.55. The van der Waals surface area contributed by atoms with Crippen LogP contribution in [0.25, 0.3) is 0 Å². The number of aromatic amines is 1. The summed E-state index contributed by atoms with van der Waals surface area (Å²) in [5.41, 5.74) is 6.62. The topological polar surface area (TPSA) is 133 Å². The molecule has 0 radical (unpaired) electrons.